The van der Waals surface area contributed by atoms with Gasteiger partial charge in [0.15, 0.2) is 5.82 Å². The van der Waals surface area contributed by atoms with Gasteiger partial charge < -0.3 is 10.2 Å². The molecule has 1 aliphatic rings. The molecule has 1 fully saturated rings. The fraction of sp³-hybridized carbons (Fsp3) is 0.571. The molecular weight excluding hydrogens is 300 g/mol. The number of hydrogen-bond acceptors (Lipinski definition) is 5. The number of H-pyrrole nitrogens is 1. The van der Waals surface area contributed by atoms with E-state index < -0.39 is 0 Å². The van der Waals surface area contributed by atoms with Crippen LogP contribution >= 0.6 is 11.3 Å². The second-order valence-corrected chi connectivity index (χ2v) is 6.21. The molecule has 3 rings (SSSR count). The Kier molecular flexibility index (Phi) is 4.67. The maximum absolute atomic E-state index is 12.5. The molecule has 118 valence electrons. The second-order valence-electron chi connectivity index (χ2n) is 5.29. The van der Waals surface area contributed by atoms with Gasteiger partial charge in [0.25, 0.3) is 0 Å². The fourth-order valence-electron chi connectivity index (χ4n) is 2.66. The van der Waals surface area contributed by atoms with Crippen LogP contribution in [-0.2, 0) is 13.0 Å². The van der Waals surface area contributed by atoms with Crippen molar-refractivity contribution in [2.75, 3.05) is 6.54 Å². The van der Waals surface area contributed by atoms with Gasteiger partial charge in [-0.1, -0.05) is 6.92 Å². The summed E-state index contributed by atoms with van der Waals surface area (Å²) in [5.41, 5.74) is 0. The topological polar surface area (TPSA) is 86.8 Å². The molecule has 2 N–H and O–H groups in total. The van der Waals surface area contributed by atoms with Crippen molar-refractivity contribution in [2.45, 2.75) is 45.2 Å². The average Bonchev–Trinajstić information content (AvgIpc) is 3.24. The van der Waals surface area contributed by atoms with Gasteiger partial charge >= 0.3 is 6.03 Å². The number of likely N-dealkylation sites (tertiary alicyclic amines) is 1. The normalized spacial score (nSPS) is 18.4. The maximum Gasteiger partial charge on any atom is 0.318 e. The molecule has 3 heterocycles. The predicted molar refractivity (Wildman–Crippen MR) is 83.4 cm³/mol. The van der Waals surface area contributed by atoms with Crippen molar-refractivity contribution >= 4 is 17.4 Å². The van der Waals surface area contributed by atoms with E-state index in [2.05, 4.69) is 25.5 Å². The molecule has 0 bridgehead atoms. The Morgan fingerprint density at radius 2 is 2.45 bits per heavy atom. The molecule has 2 aromatic heterocycles. The molecular formula is C14H20N6OS. The molecule has 7 nitrogen and oxygen atoms in total. The van der Waals surface area contributed by atoms with Crippen LogP contribution in [-0.4, -0.2) is 37.6 Å². The number of thiazole rings is 1. The number of rotatable bonds is 4. The number of nitrogens with one attached hydrogen (secondary N) is 2. The number of aromatic nitrogens is 4. The smallest absolute Gasteiger partial charge is 0.318 e. The molecule has 0 aromatic carbocycles. The van der Waals surface area contributed by atoms with Crippen LogP contribution in [0, 0.1) is 0 Å². The highest BCUT2D eigenvalue weighted by Crippen LogP contribution is 2.31. The highest BCUT2D eigenvalue weighted by atomic mass is 32.1. The first-order chi connectivity index (χ1) is 10.8. The van der Waals surface area contributed by atoms with E-state index in [4.69, 9.17) is 0 Å². The van der Waals surface area contributed by atoms with Crippen molar-refractivity contribution in [1.29, 1.82) is 0 Å². The van der Waals surface area contributed by atoms with Crippen molar-refractivity contribution in [3.8, 4) is 0 Å². The summed E-state index contributed by atoms with van der Waals surface area (Å²) in [4.78, 5) is 23.0. The lowest BCUT2D eigenvalue weighted by Gasteiger charge is -2.34. The molecule has 1 saturated heterocycles. The molecule has 2 amide bonds. The number of piperidine rings is 1. The standard InChI is InChI=1S/C14H20N6OS/c1-2-11-17-12(19-18-11)9-16-14(21)20-7-4-3-5-10(20)13-15-6-8-22-13/h6,8,10H,2-5,7,9H2,1H3,(H,16,21)(H,17,18,19). The van der Waals surface area contributed by atoms with Gasteiger partial charge in [0.1, 0.15) is 10.8 Å². The summed E-state index contributed by atoms with van der Waals surface area (Å²) < 4.78 is 0. The van der Waals surface area contributed by atoms with Crippen LogP contribution in [0.15, 0.2) is 11.6 Å². The average molecular weight is 320 g/mol. The zero-order chi connectivity index (χ0) is 15.4. The largest absolute Gasteiger partial charge is 0.331 e. The Balaban J connectivity index is 1.62. The SMILES string of the molecule is CCc1n[nH]c(CNC(=O)N2CCCCC2c2nccs2)n1. The zero-order valence-corrected chi connectivity index (χ0v) is 13.4. The Labute approximate surface area is 133 Å². The van der Waals surface area contributed by atoms with Gasteiger partial charge in [0, 0.05) is 24.5 Å². The lowest BCUT2D eigenvalue weighted by molar-refractivity contribution is 0.151. The number of aryl methyl sites for hydroxylation is 1. The minimum atomic E-state index is -0.0608. The van der Waals surface area contributed by atoms with Gasteiger partial charge in [-0.2, -0.15) is 5.10 Å². The molecule has 0 radical (unpaired) electrons. The number of urea groups is 1. The Bertz CT molecular complexity index is 611. The molecule has 2 aromatic rings. The Hall–Kier alpha value is -1.96. The minimum absolute atomic E-state index is 0.0608. The highest BCUT2D eigenvalue weighted by Gasteiger charge is 2.29. The van der Waals surface area contributed by atoms with Crippen molar-refractivity contribution in [3.05, 3.63) is 28.2 Å². The number of nitrogens with zero attached hydrogens (tertiary/aromatic N) is 4. The zero-order valence-electron chi connectivity index (χ0n) is 12.6. The number of hydrogen-bond donors (Lipinski definition) is 2. The van der Waals surface area contributed by atoms with E-state index in [1.807, 2.05) is 17.2 Å². The molecule has 8 heteroatoms. The summed E-state index contributed by atoms with van der Waals surface area (Å²) in [5.74, 6) is 1.45. The molecule has 22 heavy (non-hydrogen) atoms. The summed E-state index contributed by atoms with van der Waals surface area (Å²) in [5, 5.41) is 12.8. The van der Waals surface area contributed by atoms with Gasteiger partial charge in [-0.15, -0.1) is 11.3 Å². The van der Waals surface area contributed by atoms with Crippen LogP contribution in [0.3, 0.4) is 0 Å². The third kappa shape index (κ3) is 3.27. The molecule has 0 aliphatic carbocycles. The van der Waals surface area contributed by atoms with E-state index in [1.54, 1.807) is 17.5 Å². The van der Waals surface area contributed by atoms with E-state index in [9.17, 15) is 4.79 Å². The van der Waals surface area contributed by atoms with E-state index in [0.717, 1.165) is 43.1 Å². The number of carbonyl (C=O) groups is 1. The van der Waals surface area contributed by atoms with Gasteiger partial charge in [0.2, 0.25) is 0 Å². The molecule has 0 spiro atoms. The van der Waals surface area contributed by atoms with Crippen LogP contribution < -0.4 is 5.32 Å². The summed E-state index contributed by atoms with van der Waals surface area (Å²) >= 11 is 1.61. The predicted octanol–water partition coefficient (Wildman–Crippen LogP) is 2.26. The highest BCUT2D eigenvalue weighted by molar-refractivity contribution is 7.09. The van der Waals surface area contributed by atoms with Gasteiger partial charge in [-0.3, -0.25) is 5.10 Å². The minimum Gasteiger partial charge on any atom is -0.331 e. The number of amides is 2. The van der Waals surface area contributed by atoms with E-state index in [1.165, 1.54) is 0 Å². The van der Waals surface area contributed by atoms with Crippen molar-refractivity contribution < 1.29 is 4.79 Å². The van der Waals surface area contributed by atoms with Gasteiger partial charge in [-0.25, -0.2) is 14.8 Å². The first kappa shape index (κ1) is 15.0. The third-order valence-corrected chi connectivity index (χ3v) is 4.68. The Morgan fingerprint density at radius 1 is 1.55 bits per heavy atom. The summed E-state index contributed by atoms with van der Waals surface area (Å²) in [6.45, 7) is 3.14. The fourth-order valence-corrected chi connectivity index (χ4v) is 3.45. The quantitative estimate of drug-likeness (QED) is 0.904. The van der Waals surface area contributed by atoms with Gasteiger partial charge in [-0.05, 0) is 19.3 Å². The third-order valence-electron chi connectivity index (χ3n) is 3.80. The lowest BCUT2D eigenvalue weighted by Crippen LogP contribution is -2.44. The number of aromatic amines is 1. The summed E-state index contributed by atoms with van der Waals surface area (Å²) in [6, 6.07) is 0.0315. The van der Waals surface area contributed by atoms with Crippen LogP contribution in [0.1, 0.15) is 48.9 Å². The van der Waals surface area contributed by atoms with Crippen molar-refractivity contribution in [1.82, 2.24) is 30.4 Å². The van der Waals surface area contributed by atoms with Gasteiger partial charge in [0.05, 0.1) is 12.6 Å². The summed E-state index contributed by atoms with van der Waals surface area (Å²) in [6.07, 6.45) is 5.73. The second kappa shape index (κ2) is 6.87. The van der Waals surface area contributed by atoms with Crippen LogP contribution in [0.5, 0.6) is 0 Å². The molecule has 0 saturated carbocycles. The Morgan fingerprint density at radius 3 is 3.18 bits per heavy atom. The van der Waals surface area contributed by atoms with Crippen molar-refractivity contribution in [2.24, 2.45) is 0 Å². The van der Waals surface area contributed by atoms with Crippen LogP contribution in [0.25, 0.3) is 0 Å². The first-order valence-corrected chi connectivity index (χ1v) is 8.50. The van der Waals surface area contributed by atoms with Crippen LogP contribution in [0.4, 0.5) is 4.79 Å². The van der Waals surface area contributed by atoms with E-state index in [0.29, 0.717) is 12.4 Å². The number of carbonyl (C=O) groups excluding carboxylic acids is 1. The molecule has 1 unspecified atom stereocenters. The molecule has 1 aliphatic heterocycles. The van der Waals surface area contributed by atoms with Crippen molar-refractivity contribution in [3.63, 3.8) is 0 Å². The summed E-state index contributed by atoms with van der Waals surface area (Å²) in [7, 11) is 0. The van der Waals surface area contributed by atoms with Crippen LogP contribution in [0.2, 0.25) is 0 Å². The molecule has 1 atom stereocenters. The monoisotopic (exact) mass is 320 g/mol. The lowest BCUT2D eigenvalue weighted by atomic mass is 10.0. The van der Waals surface area contributed by atoms with E-state index >= 15 is 0 Å². The van der Waals surface area contributed by atoms with E-state index in [-0.39, 0.29) is 12.1 Å². The maximum atomic E-state index is 12.5. The first-order valence-electron chi connectivity index (χ1n) is 7.62.